The summed E-state index contributed by atoms with van der Waals surface area (Å²) in [5.41, 5.74) is 1.56. The summed E-state index contributed by atoms with van der Waals surface area (Å²) < 4.78 is 24.9. The average Bonchev–Trinajstić information content (AvgIpc) is 2.19. The molecule has 2 aliphatic rings. The molecule has 1 atom stereocenters. The number of nitrogens with one attached hydrogen (secondary N) is 1. The van der Waals surface area contributed by atoms with Crippen LogP contribution in [0.25, 0.3) is 0 Å². The molecule has 1 unspecified atom stereocenters. The predicted octanol–water partition coefficient (Wildman–Crippen LogP) is 2.11. The van der Waals surface area contributed by atoms with E-state index in [0.717, 1.165) is 25.1 Å². The zero-order valence-corrected chi connectivity index (χ0v) is 11.4. The van der Waals surface area contributed by atoms with Crippen LogP contribution >= 0.6 is 0 Å². The molecule has 1 aliphatic heterocycles. The van der Waals surface area contributed by atoms with Gasteiger partial charge < -0.3 is 5.32 Å². The van der Waals surface area contributed by atoms with Crippen molar-refractivity contribution in [3.8, 4) is 0 Å². The van der Waals surface area contributed by atoms with Crippen molar-refractivity contribution in [2.24, 2.45) is 11.3 Å². The predicted molar refractivity (Wildman–Crippen MR) is 70.5 cm³/mol. The van der Waals surface area contributed by atoms with Crippen molar-refractivity contribution >= 4 is 10.8 Å². The first-order chi connectivity index (χ1) is 8.56. The van der Waals surface area contributed by atoms with Gasteiger partial charge in [-0.3, -0.25) is 4.21 Å². The third-order valence-electron chi connectivity index (χ3n) is 4.23. The summed E-state index contributed by atoms with van der Waals surface area (Å²) in [7, 11) is -1.10. The first kappa shape index (κ1) is 12.3. The average molecular weight is 267 g/mol. The maximum atomic E-state index is 13.4. The number of hydrogen-bond donors (Lipinski definition) is 1. The van der Waals surface area contributed by atoms with E-state index < -0.39 is 10.8 Å². The Morgan fingerprint density at radius 3 is 2.67 bits per heavy atom. The molecule has 1 aromatic rings. The van der Waals surface area contributed by atoms with Crippen LogP contribution in [0.2, 0.25) is 0 Å². The minimum absolute atomic E-state index is 0.267. The zero-order chi connectivity index (χ0) is 12.8. The van der Waals surface area contributed by atoms with Crippen LogP contribution in [0.15, 0.2) is 23.1 Å². The normalized spacial score (nSPS) is 23.4. The lowest BCUT2D eigenvalue weighted by Crippen LogP contribution is -2.60. The Morgan fingerprint density at radius 2 is 2.11 bits per heavy atom. The smallest absolute Gasteiger partial charge is 0.124 e. The van der Waals surface area contributed by atoms with Gasteiger partial charge in [0.05, 0.1) is 0 Å². The van der Waals surface area contributed by atoms with Crippen LogP contribution in [0.1, 0.15) is 18.4 Å². The molecular weight excluding hydrogens is 249 g/mol. The SMILES string of the molecule is CS(=O)c1cc(F)cc(CC2CC3(CNC3)C2)c1. The molecule has 1 spiro atoms. The summed E-state index contributed by atoms with van der Waals surface area (Å²) in [6.07, 6.45) is 5.02. The maximum Gasteiger partial charge on any atom is 0.124 e. The molecule has 3 rings (SSSR count). The second-order valence-electron chi connectivity index (χ2n) is 5.83. The topological polar surface area (TPSA) is 29.1 Å². The molecule has 0 aromatic heterocycles. The molecule has 1 aromatic carbocycles. The molecule has 1 aliphatic carbocycles. The summed E-state index contributed by atoms with van der Waals surface area (Å²) >= 11 is 0. The Morgan fingerprint density at radius 1 is 1.39 bits per heavy atom. The van der Waals surface area contributed by atoms with Crippen LogP contribution in [-0.2, 0) is 17.2 Å². The molecule has 1 saturated carbocycles. The van der Waals surface area contributed by atoms with E-state index in [4.69, 9.17) is 0 Å². The van der Waals surface area contributed by atoms with E-state index in [0.29, 0.717) is 16.2 Å². The lowest BCUT2D eigenvalue weighted by Gasteiger charge is -2.54. The van der Waals surface area contributed by atoms with Crippen LogP contribution in [-0.4, -0.2) is 23.6 Å². The van der Waals surface area contributed by atoms with Gasteiger partial charge in [0.1, 0.15) is 5.82 Å². The molecule has 4 heteroatoms. The van der Waals surface area contributed by atoms with E-state index in [1.807, 2.05) is 6.07 Å². The molecule has 0 amide bonds. The van der Waals surface area contributed by atoms with Crippen LogP contribution in [0, 0.1) is 17.2 Å². The number of benzene rings is 1. The largest absolute Gasteiger partial charge is 0.316 e. The van der Waals surface area contributed by atoms with Crippen molar-refractivity contribution in [2.75, 3.05) is 19.3 Å². The number of rotatable bonds is 3. The van der Waals surface area contributed by atoms with Crippen LogP contribution in [0.3, 0.4) is 0 Å². The van der Waals surface area contributed by atoms with Crippen molar-refractivity contribution in [2.45, 2.75) is 24.2 Å². The van der Waals surface area contributed by atoms with E-state index >= 15 is 0 Å². The maximum absolute atomic E-state index is 13.4. The number of halogens is 1. The van der Waals surface area contributed by atoms with E-state index in [9.17, 15) is 8.60 Å². The van der Waals surface area contributed by atoms with Crippen molar-refractivity contribution in [3.63, 3.8) is 0 Å². The fourth-order valence-corrected chi connectivity index (χ4v) is 3.91. The van der Waals surface area contributed by atoms with Gasteiger partial charge in [-0.05, 0) is 54.4 Å². The standard InChI is InChI=1S/C14H18FNOS/c1-18(17)13-4-10(3-12(15)5-13)2-11-6-14(7-11)8-16-9-14/h3-5,11,16H,2,6-9H2,1H3. The fourth-order valence-electron chi connectivity index (χ4n) is 3.31. The van der Waals surface area contributed by atoms with Gasteiger partial charge in [0.25, 0.3) is 0 Å². The zero-order valence-electron chi connectivity index (χ0n) is 10.5. The number of hydrogen-bond acceptors (Lipinski definition) is 2. The third kappa shape index (κ3) is 2.24. The van der Waals surface area contributed by atoms with Crippen molar-refractivity contribution in [1.82, 2.24) is 5.32 Å². The van der Waals surface area contributed by atoms with Crippen LogP contribution in [0.4, 0.5) is 4.39 Å². The highest BCUT2D eigenvalue weighted by molar-refractivity contribution is 7.84. The molecule has 1 heterocycles. The van der Waals surface area contributed by atoms with Crippen molar-refractivity contribution in [1.29, 1.82) is 0 Å². The van der Waals surface area contributed by atoms with Crippen LogP contribution in [0.5, 0.6) is 0 Å². The molecule has 98 valence electrons. The molecule has 2 nitrogen and oxygen atoms in total. The second kappa shape index (κ2) is 4.42. The summed E-state index contributed by atoms with van der Waals surface area (Å²) in [5.74, 6) is 0.407. The summed E-state index contributed by atoms with van der Waals surface area (Å²) in [6, 6.07) is 4.85. The highest BCUT2D eigenvalue weighted by Crippen LogP contribution is 2.49. The molecule has 18 heavy (non-hydrogen) atoms. The van der Waals surface area contributed by atoms with Gasteiger partial charge in [0.2, 0.25) is 0 Å². The first-order valence-corrected chi connectivity index (χ1v) is 7.96. The summed E-state index contributed by atoms with van der Waals surface area (Å²) in [4.78, 5) is 0.601. The van der Waals surface area contributed by atoms with Gasteiger partial charge in [-0.25, -0.2) is 4.39 Å². The molecule has 1 N–H and O–H groups in total. The lowest BCUT2D eigenvalue weighted by atomic mass is 9.57. The molecular formula is C14H18FNOS. The highest BCUT2D eigenvalue weighted by atomic mass is 32.2. The summed E-state index contributed by atoms with van der Waals surface area (Å²) in [5, 5.41) is 3.32. The van der Waals surface area contributed by atoms with Gasteiger partial charge in [-0.1, -0.05) is 0 Å². The van der Waals surface area contributed by atoms with Crippen LogP contribution < -0.4 is 5.32 Å². The fraction of sp³-hybridized carbons (Fsp3) is 0.571. The molecule has 2 fully saturated rings. The van der Waals surface area contributed by atoms with Gasteiger partial charge in [0, 0.05) is 35.0 Å². The Kier molecular flexibility index (Phi) is 3.02. The van der Waals surface area contributed by atoms with E-state index in [2.05, 4.69) is 5.32 Å². The third-order valence-corrected chi connectivity index (χ3v) is 5.13. The van der Waals surface area contributed by atoms with E-state index in [1.165, 1.54) is 18.9 Å². The van der Waals surface area contributed by atoms with Gasteiger partial charge in [-0.2, -0.15) is 0 Å². The van der Waals surface area contributed by atoms with Gasteiger partial charge in [-0.15, -0.1) is 0 Å². The molecule has 0 bridgehead atoms. The molecule has 0 radical (unpaired) electrons. The first-order valence-electron chi connectivity index (χ1n) is 6.40. The Labute approximate surface area is 109 Å². The Balaban J connectivity index is 1.67. The van der Waals surface area contributed by atoms with E-state index in [-0.39, 0.29) is 5.82 Å². The minimum Gasteiger partial charge on any atom is -0.316 e. The van der Waals surface area contributed by atoms with Gasteiger partial charge >= 0.3 is 0 Å². The van der Waals surface area contributed by atoms with Gasteiger partial charge in [0.15, 0.2) is 0 Å². The monoisotopic (exact) mass is 267 g/mol. The highest BCUT2D eigenvalue weighted by Gasteiger charge is 2.47. The minimum atomic E-state index is -1.10. The Bertz CT molecular complexity index is 491. The van der Waals surface area contributed by atoms with Crippen molar-refractivity contribution in [3.05, 3.63) is 29.6 Å². The lowest BCUT2D eigenvalue weighted by molar-refractivity contribution is 0.000850. The molecule has 1 saturated heterocycles. The summed E-state index contributed by atoms with van der Waals surface area (Å²) in [6.45, 7) is 2.30. The second-order valence-corrected chi connectivity index (χ2v) is 7.21. The van der Waals surface area contributed by atoms with Crippen molar-refractivity contribution < 1.29 is 8.60 Å². The quantitative estimate of drug-likeness (QED) is 0.909. The van der Waals surface area contributed by atoms with E-state index in [1.54, 1.807) is 12.3 Å². The Hall–Kier alpha value is -0.740.